The highest BCUT2D eigenvalue weighted by molar-refractivity contribution is 6.29. The second kappa shape index (κ2) is 12.4. The number of fused-ring (bicyclic) bond motifs is 1. The molecule has 0 bridgehead atoms. The molecule has 0 aliphatic carbocycles. The number of allylic oxidation sites excluding steroid dienone is 2. The fourth-order valence-electron chi connectivity index (χ4n) is 1.95. The molecule has 0 radical (unpaired) electrons. The molecule has 1 aromatic carbocycles. The van der Waals surface area contributed by atoms with Gasteiger partial charge in [0.05, 0.1) is 6.10 Å². The maximum atomic E-state index is 10.6. The molecule has 0 amide bonds. The lowest BCUT2D eigenvalue weighted by molar-refractivity contribution is -0.136. The molecule has 0 atom stereocenters. The molecule has 0 aliphatic rings. The summed E-state index contributed by atoms with van der Waals surface area (Å²) in [7, 11) is 0. The van der Waals surface area contributed by atoms with E-state index in [1.54, 1.807) is 0 Å². The molecule has 0 aliphatic heterocycles. The third kappa shape index (κ3) is 9.20. The minimum atomic E-state index is -0.779. The Kier molecular flexibility index (Phi) is 11.5. The molecule has 4 nitrogen and oxygen atoms in total. The average molecular weight is 368 g/mol. The molecule has 2 aromatic rings. The van der Waals surface area contributed by atoms with Crippen LogP contribution in [-0.2, 0) is 11.2 Å². The summed E-state index contributed by atoms with van der Waals surface area (Å²) in [6, 6.07) is 5.83. The van der Waals surface area contributed by atoms with Gasteiger partial charge in [0.1, 0.15) is 5.75 Å². The van der Waals surface area contributed by atoms with Gasteiger partial charge in [0, 0.05) is 28.6 Å². The molecule has 140 valence electrons. The highest BCUT2D eigenvalue weighted by atomic mass is 35.5. The van der Waals surface area contributed by atoms with E-state index in [0.29, 0.717) is 6.42 Å². The van der Waals surface area contributed by atoms with Gasteiger partial charge in [-0.2, -0.15) is 0 Å². The molecular formula is C20H30ClNO3. The molecule has 0 saturated heterocycles. The van der Waals surface area contributed by atoms with Crippen molar-refractivity contribution in [1.29, 1.82) is 0 Å². The smallest absolute Gasteiger partial charge is 0.303 e. The Balaban J connectivity index is 0.000000710. The molecule has 0 fully saturated rings. The number of hydrogen-bond acceptors (Lipinski definition) is 2. The Morgan fingerprint density at radius 3 is 2.44 bits per heavy atom. The van der Waals surface area contributed by atoms with Crippen LogP contribution < -0.4 is 4.74 Å². The molecule has 0 unspecified atom stereocenters. The lowest BCUT2D eigenvalue weighted by Gasteiger charge is -2.09. The monoisotopic (exact) mass is 367 g/mol. The summed E-state index contributed by atoms with van der Waals surface area (Å²) in [4.78, 5) is 13.8. The van der Waals surface area contributed by atoms with Gasteiger partial charge in [-0.3, -0.25) is 4.79 Å². The van der Waals surface area contributed by atoms with Gasteiger partial charge in [0.15, 0.2) is 0 Å². The summed E-state index contributed by atoms with van der Waals surface area (Å²) in [5.74, 6) is 0.0348. The summed E-state index contributed by atoms with van der Waals surface area (Å²) >= 11 is 5.32. The number of benzene rings is 1. The first-order valence-electron chi connectivity index (χ1n) is 8.60. The van der Waals surface area contributed by atoms with E-state index in [0.717, 1.165) is 27.2 Å². The van der Waals surface area contributed by atoms with Gasteiger partial charge in [0.2, 0.25) is 0 Å². The van der Waals surface area contributed by atoms with Crippen LogP contribution in [0.5, 0.6) is 5.75 Å². The van der Waals surface area contributed by atoms with E-state index in [9.17, 15) is 4.79 Å². The third-order valence-electron chi connectivity index (χ3n) is 3.12. The van der Waals surface area contributed by atoms with Crippen molar-refractivity contribution < 1.29 is 14.6 Å². The second-order valence-electron chi connectivity index (χ2n) is 5.46. The number of H-pyrrole nitrogens is 1. The lowest BCUT2D eigenvalue weighted by Crippen LogP contribution is -2.05. The van der Waals surface area contributed by atoms with Crippen molar-refractivity contribution in [2.45, 2.75) is 60.5 Å². The molecule has 25 heavy (non-hydrogen) atoms. The molecular weight excluding hydrogens is 338 g/mol. The van der Waals surface area contributed by atoms with Crippen LogP contribution >= 0.6 is 11.6 Å². The predicted octanol–water partition coefficient (Wildman–Crippen LogP) is 6.15. The van der Waals surface area contributed by atoms with Crippen LogP contribution in [0.3, 0.4) is 0 Å². The Morgan fingerprint density at radius 2 is 1.96 bits per heavy atom. The molecule has 1 heterocycles. The van der Waals surface area contributed by atoms with Gasteiger partial charge in [-0.15, -0.1) is 0 Å². The number of rotatable bonds is 5. The summed E-state index contributed by atoms with van der Waals surface area (Å²) in [6.07, 6.45) is 4.51. The van der Waals surface area contributed by atoms with Gasteiger partial charge in [-0.1, -0.05) is 31.5 Å². The molecule has 0 spiro atoms. The largest absolute Gasteiger partial charge is 0.491 e. The van der Waals surface area contributed by atoms with Crippen LogP contribution in [-0.4, -0.2) is 22.2 Å². The summed E-state index contributed by atoms with van der Waals surface area (Å²) < 4.78 is 5.64. The van der Waals surface area contributed by atoms with E-state index in [2.05, 4.69) is 4.98 Å². The van der Waals surface area contributed by atoms with Gasteiger partial charge >= 0.3 is 5.97 Å². The average Bonchev–Trinajstić information content (AvgIpc) is 2.97. The normalized spacial score (nSPS) is 10.6. The van der Waals surface area contributed by atoms with E-state index in [4.69, 9.17) is 21.4 Å². The highest BCUT2D eigenvalue weighted by Crippen LogP contribution is 2.25. The zero-order valence-corrected chi connectivity index (χ0v) is 16.8. The van der Waals surface area contributed by atoms with Crippen LogP contribution in [0.2, 0.25) is 0 Å². The van der Waals surface area contributed by atoms with Crippen molar-refractivity contribution in [3.8, 4) is 5.75 Å². The summed E-state index contributed by atoms with van der Waals surface area (Å²) in [5, 5.41) is 10.6. The number of nitrogens with one attached hydrogen (secondary N) is 1. The summed E-state index contributed by atoms with van der Waals surface area (Å²) in [5.41, 5.74) is 2.02. The number of aryl methyl sites for hydroxylation is 1. The maximum absolute atomic E-state index is 10.6. The number of carboxylic acids is 1. The van der Waals surface area contributed by atoms with Crippen LogP contribution in [0.25, 0.3) is 10.9 Å². The fourth-order valence-corrected chi connectivity index (χ4v) is 1.95. The standard InChI is InChI=1S/C14H17NO3.C4H7Cl.C2H6/c1-9(2)18-11-4-5-13-12(7-11)10(8-15-13)3-6-14(16)17;1-3-4(2)5;1-2/h4-5,7-9,15H,3,6H2,1-2H3,(H,16,17);3H,1-2H3;1-2H3/b;4-3+;. The predicted molar refractivity (Wildman–Crippen MR) is 107 cm³/mol. The molecule has 2 N–H and O–H groups in total. The number of ether oxygens (including phenoxy) is 1. The van der Waals surface area contributed by atoms with Gasteiger partial charge in [0.25, 0.3) is 0 Å². The van der Waals surface area contributed by atoms with E-state index in [-0.39, 0.29) is 12.5 Å². The van der Waals surface area contributed by atoms with E-state index < -0.39 is 5.97 Å². The first kappa shape index (κ1) is 23.1. The Bertz CT molecular complexity index is 671. The van der Waals surface area contributed by atoms with Crippen LogP contribution in [0.1, 0.15) is 53.5 Å². The Labute approximate surface area is 155 Å². The number of hydrogen-bond donors (Lipinski definition) is 2. The minimum Gasteiger partial charge on any atom is -0.491 e. The van der Waals surface area contributed by atoms with Gasteiger partial charge in [-0.05, 0) is 57.9 Å². The van der Waals surface area contributed by atoms with Gasteiger partial charge < -0.3 is 14.8 Å². The van der Waals surface area contributed by atoms with Crippen molar-refractivity contribution in [1.82, 2.24) is 4.98 Å². The van der Waals surface area contributed by atoms with Crippen molar-refractivity contribution in [3.05, 3.63) is 41.1 Å². The van der Waals surface area contributed by atoms with Crippen LogP contribution in [0, 0.1) is 0 Å². The zero-order chi connectivity index (χ0) is 19.4. The second-order valence-corrected chi connectivity index (χ2v) is 6.05. The number of aromatic amines is 1. The van der Waals surface area contributed by atoms with E-state index >= 15 is 0 Å². The quantitative estimate of drug-likeness (QED) is 0.666. The number of halogens is 1. The molecule has 5 heteroatoms. The number of aromatic nitrogens is 1. The minimum absolute atomic E-state index is 0.129. The van der Waals surface area contributed by atoms with Crippen LogP contribution in [0.4, 0.5) is 0 Å². The van der Waals surface area contributed by atoms with E-state index in [1.807, 2.05) is 72.0 Å². The SMILES string of the molecule is C/C=C(\C)Cl.CC.CC(C)Oc1ccc2[nH]cc(CCC(=O)O)c2c1. The number of carbonyl (C=O) groups is 1. The molecule has 2 rings (SSSR count). The highest BCUT2D eigenvalue weighted by Gasteiger charge is 2.07. The van der Waals surface area contributed by atoms with Crippen molar-refractivity contribution in [3.63, 3.8) is 0 Å². The van der Waals surface area contributed by atoms with Crippen molar-refractivity contribution >= 4 is 28.5 Å². The van der Waals surface area contributed by atoms with Gasteiger partial charge in [-0.25, -0.2) is 0 Å². The molecule has 0 saturated carbocycles. The van der Waals surface area contributed by atoms with Crippen molar-refractivity contribution in [2.75, 3.05) is 0 Å². The number of carboxylic acid groups (broad SMARTS) is 1. The van der Waals surface area contributed by atoms with Crippen LogP contribution in [0.15, 0.2) is 35.5 Å². The Morgan fingerprint density at radius 1 is 1.36 bits per heavy atom. The number of aliphatic carboxylic acids is 1. The van der Waals surface area contributed by atoms with Crippen molar-refractivity contribution in [2.24, 2.45) is 0 Å². The fraction of sp³-hybridized carbons (Fsp3) is 0.450. The zero-order valence-electron chi connectivity index (χ0n) is 16.0. The first-order chi connectivity index (χ1) is 11.8. The maximum Gasteiger partial charge on any atom is 0.303 e. The lowest BCUT2D eigenvalue weighted by atomic mass is 10.1. The molecule has 1 aromatic heterocycles. The summed E-state index contributed by atoms with van der Waals surface area (Å²) in [6.45, 7) is 11.7. The van der Waals surface area contributed by atoms with E-state index in [1.165, 1.54) is 0 Å². The Hall–Kier alpha value is -1.94. The third-order valence-corrected chi connectivity index (χ3v) is 3.33. The first-order valence-corrected chi connectivity index (χ1v) is 8.98. The topological polar surface area (TPSA) is 62.3 Å².